The van der Waals surface area contributed by atoms with E-state index in [1.54, 1.807) is 32.3 Å². The number of hydrogen-bond donors (Lipinski definition) is 1. The molecule has 0 bridgehead atoms. The van der Waals surface area contributed by atoms with Crippen molar-refractivity contribution in [2.45, 2.75) is 25.6 Å². The van der Waals surface area contributed by atoms with E-state index in [0.29, 0.717) is 47.1 Å². The molecule has 1 amide bonds. The summed E-state index contributed by atoms with van der Waals surface area (Å²) in [5.74, 6) is 0.854. The Kier molecular flexibility index (Phi) is 5.82. The summed E-state index contributed by atoms with van der Waals surface area (Å²) in [6, 6.07) is 9.63. The Morgan fingerprint density at radius 1 is 1.09 bits per heavy atom. The van der Waals surface area contributed by atoms with E-state index < -0.39 is 17.8 Å². The second kappa shape index (κ2) is 8.57. The first-order valence-electron chi connectivity index (χ1n) is 10.1. The highest BCUT2D eigenvalue weighted by molar-refractivity contribution is 6.00. The third-order valence-electron chi connectivity index (χ3n) is 5.18. The number of benzene rings is 2. The van der Waals surface area contributed by atoms with E-state index in [1.165, 1.54) is 16.8 Å². The standard InChI is InChI=1S/C23H22F3N3O3/c1-14(15-4-7-17(8-5-15)23(24,25)26)27-22(30)18-13-29(2)28-21(18)16-6-9-19-20(12-16)32-11-3-10-31-19/h4-9,12-14H,3,10-11H2,1-2H3,(H,27,30). The molecule has 9 heteroatoms. The first kappa shape index (κ1) is 21.7. The van der Waals surface area contributed by atoms with Crippen molar-refractivity contribution < 1.29 is 27.4 Å². The van der Waals surface area contributed by atoms with Gasteiger partial charge in [-0.1, -0.05) is 12.1 Å². The number of amides is 1. The summed E-state index contributed by atoms with van der Waals surface area (Å²) in [5.41, 5.74) is 1.35. The number of fused-ring (bicyclic) bond motifs is 1. The Balaban J connectivity index is 1.56. The van der Waals surface area contributed by atoms with Crippen LogP contribution in [0.25, 0.3) is 11.3 Å². The van der Waals surface area contributed by atoms with Gasteiger partial charge in [0.05, 0.1) is 30.4 Å². The highest BCUT2D eigenvalue weighted by atomic mass is 19.4. The molecule has 1 N–H and O–H groups in total. The molecule has 0 radical (unpaired) electrons. The summed E-state index contributed by atoms with van der Waals surface area (Å²) in [6.45, 7) is 2.83. The Morgan fingerprint density at radius 2 is 1.78 bits per heavy atom. The predicted octanol–water partition coefficient (Wildman–Crippen LogP) is 4.76. The second-order valence-electron chi connectivity index (χ2n) is 7.59. The smallest absolute Gasteiger partial charge is 0.416 e. The van der Waals surface area contributed by atoms with Gasteiger partial charge in [0, 0.05) is 25.2 Å². The minimum absolute atomic E-state index is 0.348. The van der Waals surface area contributed by atoms with E-state index in [0.717, 1.165) is 18.6 Å². The maximum absolute atomic E-state index is 13.0. The second-order valence-corrected chi connectivity index (χ2v) is 7.59. The van der Waals surface area contributed by atoms with Crippen molar-refractivity contribution in [1.29, 1.82) is 0 Å². The summed E-state index contributed by atoms with van der Waals surface area (Å²) in [5, 5.41) is 7.26. The van der Waals surface area contributed by atoms with Gasteiger partial charge < -0.3 is 14.8 Å². The molecule has 3 aromatic rings. The maximum atomic E-state index is 13.0. The lowest BCUT2D eigenvalue weighted by Crippen LogP contribution is -2.26. The van der Waals surface area contributed by atoms with Gasteiger partial charge in [0.2, 0.25) is 0 Å². The summed E-state index contributed by atoms with van der Waals surface area (Å²) < 4.78 is 51.3. The number of carbonyl (C=O) groups excluding carboxylic acids is 1. The van der Waals surface area contributed by atoms with Gasteiger partial charge in [0.1, 0.15) is 5.69 Å². The number of rotatable bonds is 4. The van der Waals surface area contributed by atoms with E-state index >= 15 is 0 Å². The van der Waals surface area contributed by atoms with Crippen LogP contribution in [0.15, 0.2) is 48.7 Å². The van der Waals surface area contributed by atoms with E-state index in [2.05, 4.69) is 10.4 Å². The summed E-state index contributed by atoms with van der Waals surface area (Å²) in [4.78, 5) is 13.0. The molecule has 1 aromatic heterocycles. The minimum atomic E-state index is -4.40. The Bertz CT molecular complexity index is 1120. The van der Waals surface area contributed by atoms with Gasteiger partial charge in [0.15, 0.2) is 11.5 Å². The zero-order chi connectivity index (χ0) is 22.9. The average molecular weight is 445 g/mol. The fourth-order valence-corrected chi connectivity index (χ4v) is 3.50. The molecule has 0 fully saturated rings. The third kappa shape index (κ3) is 4.56. The number of alkyl halides is 3. The van der Waals surface area contributed by atoms with Gasteiger partial charge in [-0.15, -0.1) is 0 Å². The van der Waals surface area contributed by atoms with E-state index in [-0.39, 0.29) is 5.91 Å². The van der Waals surface area contributed by atoms with Crippen LogP contribution in [0.1, 0.15) is 40.9 Å². The van der Waals surface area contributed by atoms with Gasteiger partial charge in [-0.3, -0.25) is 9.48 Å². The number of nitrogens with one attached hydrogen (secondary N) is 1. The molecule has 1 atom stereocenters. The largest absolute Gasteiger partial charge is 0.490 e. The van der Waals surface area contributed by atoms with E-state index in [9.17, 15) is 18.0 Å². The van der Waals surface area contributed by atoms with Crippen LogP contribution in [0.5, 0.6) is 11.5 Å². The van der Waals surface area contributed by atoms with Crippen LogP contribution in [0.4, 0.5) is 13.2 Å². The molecule has 1 aliphatic heterocycles. The SMILES string of the molecule is CC(NC(=O)c1cn(C)nc1-c1ccc2c(c1)OCCCO2)c1ccc(C(F)(F)F)cc1. The monoisotopic (exact) mass is 445 g/mol. The van der Waals surface area contributed by atoms with Crippen molar-refractivity contribution in [2.75, 3.05) is 13.2 Å². The number of halogens is 3. The molecule has 2 heterocycles. The van der Waals surface area contributed by atoms with Crippen LogP contribution in [-0.4, -0.2) is 28.9 Å². The summed E-state index contributed by atoms with van der Waals surface area (Å²) in [7, 11) is 1.71. The van der Waals surface area contributed by atoms with Crippen LogP contribution in [-0.2, 0) is 13.2 Å². The van der Waals surface area contributed by atoms with Crippen molar-refractivity contribution in [3.63, 3.8) is 0 Å². The molecule has 4 rings (SSSR count). The molecule has 6 nitrogen and oxygen atoms in total. The molecule has 0 saturated heterocycles. The number of carbonyl (C=O) groups is 1. The topological polar surface area (TPSA) is 65.4 Å². The van der Waals surface area contributed by atoms with Gasteiger partial charge >= 0.3 is 6.18 Å². The number of hydrogen-bond acceptors (Lipinski definition) is 4. The van der Waals surface area contributed by atoms with E-state index in [1.807, 2.05) is 6.07 Å². The van der Waals surface area contributed by atoms with Gasteiger partial charge in [-0.25, -0.2) is 0 Å². The highest BCUT2D eigenvalue weighted by Crippen LogP contribution is 2.35. The summed E-state index contributed by atoms with van der Waals surface area (Å²) >= 11 is 0. The Morgan fingerprint density at radius 3 is 2.47 bits per heavy atom. The molecule has 1 unspecified atom stereocenters. The quantitative estimate of drug-likeness (QED) is 0.629. The molecule has 0 aliphatic carbocycles. The van der Waals surface area contributed by atoms with Crippen molar-refractivity contribution in [1.82, 2.24) is 15.1 Å². The fourth-order valence-electron chi connectivity index (χ4n) is 3.50. The van der Waals surface area contributed by atoms with Crippen molar-refractivity contribution in [3.05, 3.63) is 65.4 Å². The summed E-state index contributed by atoms with van der Waals surface area (Å²) in [6.07, 6.45) is -2.02. The molecule has 2 aromatic carbocycles. The number of aromatic nitrogens is 2. The van der Waals surface area contributed by atoms with Gasteiger partial charge in [0.25, 0.3) is 5.91 Å². The highest BCUT2D eigenvalue weighted by Gasteiger charge is 2.30. The minimum Gasteiger partial charge on any atom is -0.490 e. The first-order chi connectivity index (χ1) is 15.2. The van der Waals surface area contributed by atoms with Crippen molar-refractivity contribution in [3.8, 4) is 22.8 Å². The lowest BCUT2D eigenvalue weighted by molar-refractivity contribution is -0.137. The molecular weight excluding hydrogens is 423 g/mol. The normalized spacial score (nSPS) is 14.5. The van der Waals surface area contributed by atoms with Crippen molar-refractivity contribution in [2.24, 2.45) is 7.05 Å². The van der Waals surface area contributed by atoms with Gasteiger partial charge in [-0.2, -0.15) is 18.3 Å². The fraction of sp³-hybridized carbons (Fsp3) is 0.304. The lowest BCUT2D eigenvalue weighted by atomic mass is 10.0. The van der Waals surface area contributed by atoms with Crippen LogP contribution in [0.2, 0.25) is 0 Å². The zero-order valence-electron chi connectivity index (χ0n) is 17.6. The molecule has 32 heavy (non-hydrogen) atoms. The molecular formula is C23H22F3N3O3. The number of ether oxygens (including phenoxy) is 2. The van der Waals surface area contributed by atoms with Crippen LogP contribution in [0, 0.1) is 0 Å². The zero-order valence-corrected chi connectivity index (χ0v) is 17.6. The van der Waals surface area contributed by atoms with Crippen LogP contribution >= 0.6 is 0 Å². The maximum Gasteiger partial charge on any atom is 0.416 e. The van der Waals surface area contributed by atoms with Crippen LogP contribution in [0.3, 0.4) is 0 Å². The average Bonchev–Trinajstić information content (AvgIpc) is 3.00. The predicted molar refractivity (Wildman–Crippen MR) is 112 cm³/mol. The van der Waals surface area contributed by atoms with Crippen LogP contribution < -0.4 is 14.8 Å². The van der Waals surface area contributed by atoms with E-state index in [4.69, 9.17) is 9.47 Å². The molecule has 0 spiro atoms. The lowest BCUT2D eigenvalue weighted by Gasteiger charge is -2.15. The number of nitrogens with zero attached hydrogens (tertiary/aromatic N) is 2. The van der Waals surface area contributed by atoms with Crippen molar-refractivity contribution >= 4 is 5.91 Å². The third-order valence-corrected chi connectivity index (χ3v) is 5.18. The Hall–Kier alpha value is -3.49. The number of aryl methyl sites for hydroxylation is 1. The Labute approximate surface area is 183 Å². The molecule has 1 aliphatic rings. The molecule has 168 valence electrons. The molecule has 0 saturated carbocycles. The first-order valence-corrected chi connectivity index (χ1v) is 10.1. The van der Waals surface area contributed by atoms with Gasteiger partial charge in [-0.05, 0) is 42.8 Å².